The number of hydrogen-bond acceptors (Lipinski definition) is 4. The zero-order valence-corrected chi connectivity index (χ0v) is 12.3. The van der Waals surface area contributed by atoms with Gasteiger partial charge in [0.1, 0.15) is 5.76 Å². The minimum absolute atomic E-state index is 0.190. The van der Waals surface area contributed by atoms with E-state index in [1.54, 1.807) is 13.0 Å². The van der Waals surface area contributed by atoms with Crippen LogP contribution in [-0.2, 0) is 0 Å². The predicted octanol–water partition coefficient (Wildman–Crippen LogP) is 4.07. The molecule has 0 aliphatic carbocycles. The smallest absolute Gasteiger partial charge is 0.260 e. The maximum absolute atomic E-state index is 12.1. The Balaban J connectivity index is 1.94. The van der Waals surface area contributed by atoms with Crippen molar-refractivity contribution in [2.24, 2.45) is 0 Å². The van der Waals surface area contributed by atoms with Crippen LogP contribution in [-0.4, -0.2) is 10.9 Å². The Kier molecular flexibility index (Phi) is 3.06. The maximum Gasteiger partial charge on any atom is 0.260 e. The van der Waals surface area contributed by atoms with E-state index in [0.29, 0.717) is 16.5 Å². The summed E-state index contributed by atoms with van der Waals surface area (Å²) in [7, 11) is 0. The third-order valence-electron chi connectivity index (χ3n) is 3.41. The van der Waals surface area contributed by atoms with Gasteiger partial charge in [-0.2, -0.15) is 0 Å². The normalized spacial score (nSPS) is 10.9. The molecule has 0 spiro atoms. The Morgan fingerprint density at radius 2 is 2.05 bits per heavy atom. The molecule has 20 heavy (non-hydrogen) atoms. The van der Waals surface area contributed by atoms with Crippen LogP contribution >= 0.6 is 11.3 Å². The summed E-state index contributed by atoms with van der Waals surface area (Å²) in [4.78, 5) is 16.6. The summed E-state index contributed by atoms with van der Waals surface area (Å²) in [5.41, 5.74) is 3.84. The Labute approximate surface area is 120 Å². The Hall–Kier alpha value is -2.14. The number of aryl methyl sites for hydroxylation is 3. The highest BCUT2D eigenvalue weighted by Gasteiger charge is 2.14. The highest BCUT2D eigenvalue weighted by molar-refractivity contribution is 7.22. The minimum atomic E-state index is -0.190. The summed E-state index contributed by atoms with van der Waals surface area (Å²) in [6, 6.07) is 5.77. The van der Waals surface area contributed by atoms with E-state index in [1.165, 1.54) is 23.2 Å². The molecule has 1 aromatic carbocycles. The number of rotatable bonds is 2. The van der Waals surface area contributed by atoms with Crippen LogP contribution in [0.5, 0.6) is 0 Å². The van der Waals surface area contributed by atoms with Crippen LogP contribution in [0.2, 0.25) is 0 Å². The largest absolute Gasteiger partial charge is 0.469 e. The average molecular weight is 286 g/mol. The molecule has 0 saturated heterocycles. The van der Waals surface area contributed by atoms with Gasteiger partial charge in [-0.15, -0.1) is 0 Å². The number of thiazole rings is 1. The summed E-state index contributed by atoms with van der Waals surface area (Å²) in [5, 5.41) is 3.44. The summed E-state index contributed by atoms with van der Waals surface area (Å²) in [5.74, 6) is 0.417. The first-order chi connectivity index (χ1) is 9.56. The van der Waals surface area contributed by atoms with Crippen molar-refractivity contribution in [3.8, 4) is 0 Å². The van der Waals surface area contributed by atoms with Crippen molar-refractivity contribution < 1.29 is 9.21 Å². The van der Waals surface area contributed by atoms with Crippen LogP contribution in [0.3, 0.4) is 0 Å². The van der Waals surface area contributed by atoms with Crippen molar-refractivity contribution >= 4 is 32.6 Å². The number of aromatic nitrogens is 1. The van der Waals surface area contributed by atoms with Crippen LogP contribution in [0.25, 0.3) is 10.2 Å². The van der Waals surface area contributed by atoms with E-state index in [9.17, 15) is 4.79 Å². The molecular formula is C15H14N2O2S. The van der Waals surface area contributed by atoms with Gasteiger partial charge < -0.3 is 4.42 Å². The molecule has 1 amide bonds. The van der Waals surface area contributed by atoms with Crippen LogP contribution in [0.4, 0.5) is 5.13 Å². The maximum atomic E-state index is 12.1. The first-order valence-electron chi connectivity index (χ1n) is 6.28. The van der Waals surface area contributed by atoms with Crippen molar-refractivity contribution in [3.63, 3.8) is 0 Å². The van der Waals surface area contributed by atoms with Crippen LogP contribution < -0.4 is 5.32 Å². The molecule has 4 nitrogen and oxygen atoms in total. The Bertz CT molecular complexity index is 801. The quantitative estimate of drug-likeness (QED) is 0.772. The lowest BCUT2D eigenvalue weighted by Gasteiger charge is -1.99. The molecule has 2 aromatic heterocycles. The van der Waals surface area contributed by atoms with Gasteiger partial charge in [0, 0.05) is 0 Å². The molecular weight excluding hydrogens is 272 g/mol. The number of fused-ring (bicyclic) bond motifs is 1. The van der Waals surface area contributed by atoms with Crippen LogP contribution in [0.1, 0.15) is 27.2 Å². The van der Waals surface area contributed by atoms with Gasteiger partial charge in [-0.3, -0.25) is 10.1 Å². The topological polar surface area (TPSA) is 55.1 Å². The number of hydrogen-bond donors (Lipinski definition) is 1. The van der Waals surface area contributed by atoms with Crippen LogP contribution in [0, 0.1) is 20.8 Å². The fraction of sp³-hybridized carbons (Fsp3) is 0.200. The number of carbonyl (C=O) groups excluding carboxylic acids is 1. The van der Waals surface area contributed by atoms with E-state index in [1.807, 2.05) is 13.0 Å². The molecule has 0 atom stereocenters. The Morgan fingerprint density at radius 3 is 2.75 bits per heavy atom. The first kappa shape index (κ1) is 12.9. The average Bonchev–Trinajstić information content (AvgIpc) is 3.00. The molecule has 0 bridgehead atoms. The summed E-state index contributed by atoms with van der Waals surface area (Å²) >= 11 is 1.48. The van der Waals surface area contributed by atoms with Gasteiger partial charge in [-0.1, -0.05) is 17.4 Å². The number of carbonyl (C=O) groups is 1. The number of nitrogens with zero attached hydrogens (tertiary/aromatic N) is 1. The van der Waals surface area contributed by atoms with E-state index in [-0.39, 0.29) is 5.91 Å². The number of anilines is 1. The molecule has 0 fully saturated rings. The lowest BCUT2D eigenvalue weighted by Crippen LogP contribution is -2.11. The van der Waals surface area contributed by atoms with E-state index < -0.39 is 0 Å². The number of amides is 1. The molecule has 0 aliphatic rings. The predicted molar refractivity (Wildman–Crippen MR) is 80.5 cm³/mol. The first-order valence-corrected chi connectivity index (χ1v) is 7.10. The van der Waals surface area contributed by atoms with Gasteiger partial charge in [0.15, 0.2) is 5.13 Å². The second kappa shape index (κ2) is 4.76. The van der Waals surface area contributed by atoms with Gasteiger partial charge in [-0.25, -0.2) is 4.98 Å². The highest BCUT2D eigenvalue weighted by Crippen LogP contribution is 2.30. The molecule has 3 aromatic rings. The Morgan fingerprint density at radius 1 is 1.25 bits per heavy atom. The zero-order valence-electron chi connectivity index (χ0n) is 11.5. The summed E-state index contributed by atoms with van der Waals surface area (Å²) in [6.07, 6.45) is 1.51. The van der Waals surface area contributed by atoms with Gasteiger partial charge in [0.05, 0.1) is 22.0 Å². The zero-order chi connectivity index (χ0) is 14.3. The van der Waals surface area contributed by atoms with Crippen LogP contribution in [0.15, 0.2) is 28.9 Å². The van der Waals surface area contributed by atoms with E-state index >= 15 is 0 Å². The lowest BCUT2D eigenvalue weighted by molar-refractivity contribution is 0.102. The molecule has 3 rings (SSSR count). The van der Waals surface area contributed by atoms with Crippen molar-refractivity contribution in [2.75, 3.05) is 5.32 Å². The van der Waals surface area contributed by atoms with E-state index in [2.05, 4.69) is 23.3 Å². The van der Waals surface area contributed by atoms with Gasteiger partial charge in [0.2, 0.25) is 0 Å². The van der Waals surface area contributed by atoms with E-state index in [4.69, 9.17) is 4.42 Å². The monoisotopic (exact) mass is 286 g/mol. The standard InChI is InChI=1S/C15H14N2O2S/c1-8-4-5-12-13(9(8)2)16-15(20-12)17-14(18)11-6-7-19-10(11)3/h4-7H,1-3H3,(H,16,17,18). The number of benzene rings is 1. The molecule has 5 heteroatoms. The summed E-state index contributed by atoms with van der Waals surface area (Å²) < 4.78 is 6.22. The van der Waals surface area contributed by atoms with Gasteiger partial charge in [-0.05, 0) is 44.0 Å². The summed E-state index contributed by atoms with van der Waals surface area (Å²) in [6.45, 7) is 5.87. The van der Waals surface area contributed by atoms with Crippen molar-refractivity contribution in [1.82, 2.24) is 4.98 Å². The second-order valence-corrected chi connectivity index (χ2v) is 5.75. The minimum Gasteiger partial charge on any atom is -0.469 e. The number of nitrogens with one attached hydrogen (secondary N) is 1. The van der Waals surface area contributed by atoms with Gasteiger partial charge in [0.25, 0.3) is 5.91 Å². The SMILES string of the molecule is Cc1ccc2sc(NC(=O)c3ccoc3C)nc2c1C. The molecule has 0 radical (unpaired) electrons. The lowest BCUT2D eigenvalue weighted by atomic mass is 10.1. The highest BCUT2D eigenvalue weighted by atomic mass is 32.1. The molecule has 0 saturated carbocycles. The molecule has 1 N–H and O–H groups in total. The van der Waals surface area contributed by atoms with E-state index in [0.717, 1.165) is 15.8 Å². The van der Waals surface area contributed by atoms with Crippen molar-refractivity contribution in [1.29, 1.82) is 0 Å². The number of furan rings is 1. The fourth-order valence-corrected chi connectivity index (χ4v) is 2.98. The van der Waals surface area contributed by atoms with Crippen molar-refractivity contribution in [3.05, 3.63) is 46.9 Å². The molecule has 0 unspecified atom stereocenters. The third kappa shape index (κ3) is 2.10. The second-order valence-electron chi connectivity index (χ2n) is 4.72. The van der Waals surface area contributed by atoms with Gasteiger partial charge >= 0.3 is 0 Å². The fourth-order valence-electron chi connectivity index (χ4n) is 2.06. The molecule has 2 heterocycles. The molecule has 102 valence electrons. The third-order valence-corrected chi connectivity index (χ3v) is 4.34. The molecule has 0 aliphatic heterocycles. The van der Waals surface area contributed by atoms with Crippen molar-refractivity contribution in [2.45, 2.75) is 20.8 Å².